The van der Waals surface area contributed by atoms with Crippen LogP contribution in [0.25, 0.3) is 6.08 Å². The Morgan fingerprint density at radius 3 is 2.53 bits per heavy atom. The normalized spacial score (nSPS) is 15.0. The Labute approximate surface area is 192 Å². The minimum Gasteiger partial charge on any atom is -0.493 e. The van der Waals surface area contributed by atoms with Crippen molar-refractivity contribution < 1.29 is 14.3 Å². The highest BCUT2D eigenvalue weighted by Gasteiger charge is 2.22. The number of amides is 1. The molecular formula is C23H24ClNO3S2. The summed E-state index contributed by atoms with van der Waals surface area (Å²) < 4.78 is 12.4. The molecule has 7 heteroatoms. The third-order valence-electron chi connectivity index (χ3n) is 4.50. The van der Waals surface area contributed by atoms with E-state index in [1.54, 1.807) is 18.2 Å². The van der Waals surface area contributed by atoms with Crippen molar-refractivity contribution in [3.8, 4) is 11.5 Å². The van der Waals surface area contributed by atoms with Crippen LogP contribution in [0.2, 0.25) is 5.02 Å². The third-order valence-corrected chi connectivity index (χ3v) is 5.89. The lowest BCUT2D eigenvalue weighted by Crippen LogP contribution is -2.17. The van der Waals surface area contributed by atoms with E-state index < -0.39 is 0 Å². The van der Waals surface area contributed by atoms with Gasteiger partial charge in [0.05, 0.1) is 18.1 Å². The van der Waals surface area contributed by atoms with E-state index in [2.05, 4.69) is 44.3 Å². The Bertz CT molecular complexity index is 988. The summed E-state index contributed by atoms with van der Waals surface area (Å²) in [4.78, 5) is 12.5. The summed E-state index contributed by atoms with van der Waals surface area (Å²) in [6.45, 7) is 7.42. The fourth-order valence-electron chi connectivity index (χ4n) is 2.99. The van der Waals surface area contributed by atoms with Gasteiger partial charge >= 0.3 is 0 Å². The first-order valence-electron chi connectivity index (χ1n) is 9.74. The van der Waals surface area contributed by atoms with Crippen LogP contribution in [0.4, 0.5) is 0 Å². The zero-order valence-electron chi connectivity index (χ0n) is 17.2. The van der Waals surface area contributed by atoms with E-state index in [1.165, 1.54) is 22.9 Å². The van der Waals surface area contributed by atoms with Crippen molar-refractivity contribution in [2.45, 2.75) is 33.1 Å². The predicted octanol–water partition coefficient (Wildman–Crippen LogP) is 6.11. The number of thioether (sulfide) groups is 1. The molecule has 0 aromatic heterocycles. The molecule has 2 aromatic carbocycles. The number of aryl methyl sites for hydroxylation is 1. The first-order chi connectivity index (χ1) is 14.3. The van der Waals surface area contributed by atoms with Crippen LogP contribution in [-0.2, 0) is 4.79 Å². The molecule has 1 fully saturated rings. The fourth-order valence-corrected chi connectivity index (χ4v) is 4.21. The van der Waals surface area contributed by atoms with Gasteiger partial charge in [0.25, 0.3) is 5.91 Å². The van der Waals surface area contributed by atoms with Crippen LogP contribution in [-0.4, -0.2) is 23.4 Å². The quantitative estimate of drug-likeness (QED) is 0.292. The Kier molecular flexibility index (Phi) is 7.81. The number of halogens is 1. The van der Waals surface area contributed by atoms with Gasteiger partial charge in [-0.3, -0.25) is 4.79 Å². The second-order valence-electron chi connectivity index (χ2n) is 7.28. The largest absolute Gasteiger partial charge is 0.493 e. The highest BCUT2D eigenvalue weighted by molar-refractivity contribution is 8.26. The summed E-state index contributed by atoms with van der Waals surface area (Å²) >= 11 is 12.4. The van der Waals surface area contributed by atoms with Crippen molar-refractivity contribution in [3.05, 3.63) is 63.0 Å². The lowest BCUT2D eigenvalue weighted by atomic mass is 10.0. The Morgan fingerprint density at radius 1 is 1.13 bits per heavy atom. The van der Waals surface area contributed by atoms with Gasteiger partial charge in [0, 0.05) is 17.0 Å². The van der Waals surface area contributed by atoms with Crippen molar-refractivity contribution in [1.82, 2.24) is 5.32 Å². The second kappa shape index (κ2) is 10.3. The molecule has 1 saturated heterocycles. The van der Waals surface area contributed by atoms with Crippen LogP contribution in [0.5, 0.6) is 11.5 Å². The molecule has 3 rings (SSSR count). The summed E-state index contributed by atoms with van der Waals surface area (Å²) in [6, 6.07) is 11.7. The van der Waals surface area contributed by atoms with Crippen LogP contribution in [0.3, 0.4) is 0 Å². The molecule has 1 N–H and O–H groups in total. The van der Waals surface area contributed by atoms with Gasteiger partial charge in [-0.1, -0.05) is 61.6 Å². The molecule has 1 aliphatic rings. The molecule has 0 radical (unpaired) electrons. The van der Waals surface area contributed by atoms with Crippen LogP contribution in [0.15, 0.2) is 41.3 Å². The van der Waals surface area contributed by atoms with Crippen LogP contribution in [0.1, 0.15) is 42.9 Å². The van der Waals surface area contributed by atoms with Gasteiger partial charge in [0.15, 0.2) is 0 Å². The van der Waals surface area contributed by atoms with Gasteiger partial charge in [-0.15, -0.1) is 0 Å². The van der Waals surface area contributed by atoms with E-state index in [1.807, 2.05) is 6.07 Å². The molecule has 0 saturated carbocycles. The number of benzene rings is 2. The van der Waals surface area contributed by atoms with Crippen molar-refractivity contribution in [2.24, 2.45) is 0 Å². The van der Waals surface area contributed by atoms with Crippen LogP contribution >= 0.6 is 35.6 Å². The number of carbonyl (C=O) groups is 1. The van der Waals surface area contributed by atoms with E-state index in [0.29, 0.717) is 39.1 Å². The standard InChI is InChI=1S/C23H24ClNO3S2/c1-14(2)18-7-5-15(3)11-20(18)28-10-4-9-27-19-8-6-17(24)12-16(19)13-21-22(26)25-23(29)30-21/h5-8,11-14H,4,9-10H2,1-3H3,(H,25,26,29). The molecule has 0 spiro atoms. The number of thiocarbonyl (C=S) groups is 1. The summed E-state index contributed by atoms with van der Waals surface area (Å²) in [5.74, 6) is 1.79. The highest BCUT2D eigenvalue weighted by atomic mass is 35.5. The number of nitrogens with one attached hydrogen (secondary N) is 1. The molecule has 1 heterocycles. The molecule has 0 aliphatic carbocycles. The number of ether oxygens (including phenoxy) is 2. The van der Waals surface area contributed by atoms with Gasteiger partial charge in [-0.2, -0.15) is 0 Å². The zero-order chi connectivity index (χ0) is 21.7. The average molecular weight is 462 g/mol. The molecule has 4 nitrogen and oxygen atoms in total. The lowest BCUT2D eigenvalue weighted by Gasteiger charge is -2.15. The van der Waals surface area contributed by atoms with Crippen molar-refractivity contribution in [3.63, 3.8) is 0 Å². The minimum atomic E-state index is -0.205. The smallest absolute Gasteiger partial charge is 0.263 e. The van der Waals surface area contributed by atoms with E-state index in [-0.39, 0.29) is 5.91 Å². The average Bonchev–Trinajstić information content (AvgIpc) is 2.99. The summed E-state index contributed by atoms with van der Waals surface area (Å²) in [5.41, 5.74) is 3.13. The van der Waals surface area contributed by atoms with Gasteiger partial charge < -0.3 is 14.8 Å². The minimum absolute atomic E-state index is 0.205. The fraction of sp³-hybridized carbons (Fsp3) is 0.304. The Hall–Kier alpha value is -2.02. The Balaban J connectivity index is 1.60. The van der Waals surface area contributed by atoms with Crippen LogP contribution < -0.4 is 14.8 Å². The maximum atomic E-state index is 11.9. The molecule has 30 heavy (non-hydrogen) atoms. The molecule has 0 bridgehead atoms. The van der Waals surface area contributed by atoms with E-state index in [0.717, 1.165) is 17.7 Å². The maximum Gasteiger partial charge on any atom is 0.263 e. The van der Waals surface area contributed by atoms with Gasteiger partial charge in [0.1, 0.15) is 15.8 Å². The summed E-state index contributed by atoms with van der Waals surface area (Å²) in [6.07, 6.45) is 2.47. The van der Waals surface area contributed by atoms with Gasteiger partial charge in [0.2, 0.25) is 0 Å². The number of carbonyl (C=O) groups excluding carboxylic acids is 1. The third kappa shape index (κ3) is 6.00. The molecule has 2 aromatic rings. The predicted molar refractivity (Wildman–Crippen MR) is 129 cm³/mol. The second-order valence-corrected chi connectivity index (χ2v) is 9.44. The first-order valence-corrected chi connectivity index (χ1v) is 11.3. The van der Waals surface area contributed by atoms with Crippen LogP contribution in [0, 0.1) is 6.92 Å². The lowest BCUT2D eigenvalue weighted by molar-refractivity contribution is -0.115. The maximum absolute atomic E-state index is 11.9. The SMILES string of the molecule is Cc1ccc(C(C)C)c(OCCCOc2ccc(Cl)cc2C=C2SC(=S)NC2=O)c1. The number of hydrogen-bond acceptors (Lipinski definition) is 5. The Morgan fingerprint density at radius 2 is 1.87 bits per heavy atom. The molecule has 158 valence electrons. The molecule has 1 amide bonds. The monoisotopic (exact) mass is 461 g/mol. The zero-order valence-corrected chi connectivity index (χ0v) is 19.5. The molecular weight excluding hydrogens is 438 g/mol. The number of hydrogen-bond donors (Lipinski definition) is 1. The van der Waals surface area contributed by atoms with Gasteiger partial charge in [-0.25, -0.2) is 0 Å². The van der Waals surface area contributed by atoms with E-state index in [4.69, 9.17) is 33.3 Å². The van der Waals surface area contributed by atoms with Crippen molar-refractivity contribution in [1.29, 1.82) is 0 Å². The topological polar surface area (TPSA) is 47.6 Å². The summed E-state index contributed by atoms with van der Waals surface area (Å²) in [5, 5.41) is 3.18. The van der Waals surface area contributed by atoms with E-state index in [9.17, 15) is 4.79 Å². The highest BCUT2D eigenvalue weighted by Crippen LogP contribution is 2.31. The number of rotatable bonds is 8. The molecule has 0 atom stereocenters. The molecule has 1 aliphatic heterocycles. The first kappa shape index (κ1) is 22.7. The summed E-state index contributed by atoms with van der Waals surface area (Å²) in [7, 11) is 0. The van der Waals surface area contributed by atoms with Crippen molar-refractivity contribution in [2.75, 3.05) is 13.2 Å². The van der Waals surface area contributed by atoms with E-state index >= 15 is 0 Å². The molecule has 0 unspecified atom stereocenters. The van der Waals surface area contributed by atoms with Gasteiger partial charge in [-0.05, 0) is 54.3 Å². The van der Waals surface area contributed by atoms with Crippen molar-refractivity contribution >= 4 is 51.9 Å².